The number of piperidine rings is 1. The molecule has 5 nitrogen and oxygen atoms in total. The lowest BCUT2D eigenvalue weighted by atomic mass is 9.98. The molecule has 0 atom stereocenters. The van der Waals surface area contributed by atoms with E-state index in [2.05, 4.69) is 15.9 Å². The molecular weight excluding hydrogens is 348 g/mol. The Labute approximate surface area is 130 Å². The van der Waals surface area contributed by atoms with E-state index in [1.807, 2.05) is 0 Å². The van der Waals surface area contributed by atoms with Gasteiger partial charge in [-0.2, -0.15) is 0 Å². The van der Waals surface area contributed by atoms with Crippen molar-refractivity contribution in [2.24, 2.45) is 5.92 Å². The standard InChI is InChI=1S/C13H14BrClN2O3/c14-11-5-10(6-12(7-11)17(19)20)13(18)16-3-1-9(8-15)2-4-16/h5-7,9H,1-4,8H2. The number of alkyl halides is 1. The molecule has 20 heavy (non-hydrogen) atoms. The Morgan fingerprint density at radius 1 is 1.40 bits per heavy atom. The molecule has 0 aromatic heterocycles. The van der Waals surface area contributed by atoms with Crippen molar-refractivity contribution in [3.8, 4) is 0 Å². The summed E-state index contributed by atoms with van der Waals surface area (Å²) < 4.78 is 0.533. The number of amides is 1. The lowest BCUT2D eigenvalue weighted by molar-refractivity contribution is -0.385. The van der Waals surface area contributed by atoms with Crippen LogP contribution in [0, 0.1) is 16.0 Å². The number of carbonyl (C=O) groups is 1. The summed E-state index contributed by atoms with van der Waals surface area (Å²) in [5.41, 5.74) is 0.258. The Morgan fingerprint density at radius 3 is 2.60 bits per heavy atom. The predicted octanol–water partition coefficient (Wildman–Crippen LogP) is 3.45. The molecule has 0 saturated carbocycles. The zero-order valence-electron chi connectivity index (χ0n) is 10.7. The topological polar surface area (TPSA) is 63.4 Å². The van der Waals surface area contributed by atoms with Gasteiger partial charge in [0.25, 0.3) is 11.6 Å². The maximum atomic E-state index is 12.4. The highest BCUT2D eigenvalue weighted by Crippen LogP contribution is 2.24. The van der Waals surface area contributed by atoms with Crippen LogP contribution in [-0.2, 0) is 0 Å². The van der Waals surface area contributed by atoms with Gasteiger partial charge in [0.15, 0.2) is 0 Å². The molecule has 1 fully saturated rings. The Kier molecular flexibility index (Phi) is 4.99. The number of nitro benzene ring substituents is 1. The van der Waals surface area contributed by atoms with Gasteiger partial charge in [-0.25, -0.2) is 0 Å². The normalized spacial score (nSPS) is 16.2. The van der Waals surface area contributed by atoms with Crippen molar-refractivity contribution in [1.29, 1.82) is 0 Å². The third-order valence-corrected chi connectivity index (χ3v) is 4.35. The number of benzene rings is 1. The summed E-state index contributed by atoms with van der Waals surface area (Å²) >= 11 is 9.02. The van der Waals surface area contributed by atoms with Crippen molar-refractivity contribution >= 4 is 39.1 Å². The number of nitro groups is 1. The number of carbonyl (C=O) groups excluding carboxylic acids is 1. The zero-order valence-corrected chi connectivity index (χ0v) is 13.1. The number of non-ortho nitro benzene ring substituents is 1. The van der Waals surface area contributed by atoms with Crippen LogP contribution < -0.4 is 0 Å². The van der Waals surface area contributed by atoms with Crippen LogP contribution in [-0.4, -0.2) is 34.7 Å². The first-order chi connectivity index (χ1) is 9.51. The molecule has 7 heteroatoms. The fourth-order valence-electron chi connectivity index (χ4n) is 2.28. The first-order valence-electron chi connectivity index (χ1n) is 6.31. The van der Waals surface area contributed by atoms with Crippen molar-refractivity contribution < 1.29 is 9.72 Å². The van der Waals surface area contributed by atoms with Crippen molar-refractivity contribution in [3.63, 3.8) is 0 Å². The van der Waals surface area contributed by atoms with Crippen molar-refractivity contribution in [3.05, 3.63) is 38.3 Å². The second kappa shape index (κ2) is 6.54. The van der Waals surface area contributed by atoms with Crippen LogP contribution in [0.2, 0.25) is 0 Å². The zero-order chi connectivity index (χ0) is 14.7. The monoisotopic (exact) mass is 360 g/mol. The van der Waals surface area contributed by atoms with E-state index in [1.165, 1.54) is 12.1 Å². The van der Waals surface area contributed by atoms with Crippen LogP contribution >= 0.6 is 27.5 Å². The van der Waals surface area contributed by atoms with Gasteiger partial charge in [0.2, 0.25) is 0 Å². The van der Waals surface area contributed by atoms with Gasteiger partial charge in [0.1, 0.15) is 0 Å². The summed E-state index contributed by atoms with van der Waals surface area (Å²) in [5.74, 6) is 0.907. The van der Waals surface area contributed by atoms with Gasteiger partial charge in [-0.15, -0.1) is 11.6 Å². The summed E-state index contributed by atoms with van der Waals surface area (Å²) in [6.07, 6.45) is 1.76. The highest BCUT2D eigenvalue weighted by molar-refractivity contribution is 9.10. The molecule has 1 aromatic rings. The summed E-state index contributed by atoms with van der Waals surface area (Å²) in [5, 5.41) is 10.8. The quantitative estimate of drug-likeness (QED) is 0.470. The average molecular weight is 362 g/mol. The van der Waals surface area contributed by atoms with Crippen molar-refractivity contribution in [1.82, 2.24) is 4.90 Å². The van der Waals surface area contributed by atoms with Gasteiger partial charge in [0.05, 0.1) is 4.92 Å². The maximum Gasteiger partial charge on any atom is 0.271 e. The van der Waals surface area contributed by atoms with E-state index >= 15 is 0 Å². The number of halogens is 2. The van der Waals surface area contributed by atoms with Gasteiger partial charge in [0, 0.05) is 41.1 Å². The third-order valence-electron chi connectivity index (χ3n) is 3.46. The minimum atomic E-state index is -0.499. The first-order valence-corrected chi connectivity index (χ1v) is 7.64. The lowest BCUT2D eigenvalue weighted by Gasteiger charge is -2.31. The molecule has 0 unspecified atom stereocenters. The van der Waals surface area contributed by atoms with Crippen molar-refractivity contribution in [2.75, 3.05) is 19.0 Å². The van der Waals surface area contributed by atoms with Crippen molar-refractivity contribution in [2.45, 2.75) is 12.8 Å². The summed E-state index contributed by atoms with van der Waals surface area (Å²) in [6.45, 7) is 1.30. The number of nitrogens with zero attached hydrogens (tertiary/aromatic N) is 2. The molecule has 1 aliphatic rings. The van der Waals surface area contributed by atoms with E-state index in [0.29, 0.717) is 34.9 Å². The predicted molar refractivity (Wildman–Crippen MR) is 80.1 cm³/mol. The van der Waals surface area contributed by atoms with E-state index < -0.39 is 4.92 Å². The molecule has 0 N–H and O–H groups in total. The molecule has 1 aromatic carbocycles. The van der Waals surface area contributed by atoms with Gasteiger partial charge in [-0.3, -0.25) is 14.9 Å². The molecule has 1 heterocycles. The molecule has 0 bridgehead atoms. The molecule has 2 rings (SSSR count). The van der Waals surface area contributed by atoms with Crippen LogP contribution in [0.5, 0.6) is 0 Å². The maximum absolute atomic E-state index is 12.4. The Morgan fingerprint density at radius 2 is 2.05 bits per heavy atom. The van der Waals surface area contributed by atoms with Gasteiger partial charge >= 0.3 is 0 Å². The fraction of sp³-hybridized carbons (Fsp3) is 0.462. The Hall–Kier alpha value is -1.14. The molecule has 1 aliphatic heterocycles. The fourth-order valence-corrected chi connectivity index (χ4v) is 3.07. The highest BCUT2D eigenvalue weighted by atomic mass is 79.9. The lowest BCUT2D eigenvalue weighted by Crippen LogP contribution is -2.38. The average Bonchev–Trinajstić information content (AvgIpc) is 2.46. The van der Waals surface area contributed by atoms with E-state index in [1.54, 1.807) is 11.0 Å². The number of rotatable bonds is 3. The van der Waals surface area contributed by atoms with Crippen LogP contribution in [0.15, 0.2) is 22.7 Å². The smallest absolute Gasteiger partial charge is 0.271 e. The number of hydrogen-bond acceptors (Lipinski definition) is 3. The molecule has 1 amide bonds. The second-order valence-electron chi connectivity index (χ2n) is 4.85. The summed E-state index contributed by atoms with van der Waals surface area (Å²) in [6, 6.07) is 4.32. The molecular formula is C13H14BrClN2O3. The first kappa shape index (κ1) is 15.3. The van der Waals surface area contributed by atoms with Crippen LogP contribution in [0.25, 0.3) is 0 Å². The van der Waals surface area contributed by atoms with Crippen LogP contribution in [0.1, 0.15) is 23.2 Å². The minimum absolute atomic E-state index is 0.0848. The number of likely N-dealkylation sites (tertiary alicyclic amines) is 1. The molecule has 0 radical (unpaired) electrons. The number of hydrogen-bond donors (Lipinski definition) is 0. The van der Waals surface area contributed by atoms with Gasteiger partial charge in [-0.05, 0) is 24.8 Å². The Bertz CT molecular complexity index is 530. The van der Waals surface area contributed by atoms with Crippen LogP contribution in [0.3, 0.4) is 0 Å². The molecule has 1 saturated heterocycles. The highest BCUT2D eigenvalue weighted by Gasteiger charge is 2.24. The van der Waals surface area contributed by atoms with Gasteiger partial charge in [-0.1, -0.05) is 15.9 Å². The summed E-state index contributed by atoms with van der Waals surface area (Å²) in [7, 11) is 0. The molecule has 108 valence electrons. The molecule has 0 aliphatic carbocycles. The third kappa shape index (κ3) is 3.49. The summed E-state index contributed by atoms with van der Waals surface area (Å²) in [4.78, 5) is 24.4. The SMILES string of the molecule is O=C(c1cc(Br)cc([N+](=O)[O-])c1)N1CCC(CCl)CC1. The largest absolute Gasteiger partial charge is 0.339 e. The van der Waals surface area contributed by atoms with E-state index in [4.69, 9.17) is 11.6 Å². The van der Waals surface area contributed by atoms with E-state index in [-0.39, 0.29) is 11.6 Å². The second-order valence-corrected chi connectivity index (χ2v) is 6.07. The Balaban J connectivity index is 2.15. The van der Waals surface area contributed by atoms with Gasteiger partial charge < -0.3 is 4.90 Å². The van der Waals surface area contributed by atoms with E-state index in [0.717, 1.165) is 12.8 Å². The minimum Gasteiger partial charge on any atom is -0.339 e. The van der Waals surface area contributed by atoms with E-state index in [9.17, 15) is 14.9 Å². The van der Waals surface area contributed by atoms with Crippen LogP contribution in [0.4, 0.5) is 5.69 Å². The molecule has 0 spiro atoms.